The first kappa shape index (κ1) is 21.4. The molecule has 7 heteroatoms. The highest BCUT2D eigenvalue weighted by atomic mass is 35.5. The van der Waals surface area contributed by atoms with Crippen LogP contribution in [0.2, 0.25) is 5.02 Å². The van der Waals surface area contributed by atoms with E-state index in [-0.39, 0.29) is 27.4 Å². The topological polar surface area (TPSA) is 57.7 Å². The summed E-state index contributed by atoms with van der Waals surface area (Å²) in [6, 6.07) is 21.4. The lowest BCUT2D eigenvalue weighted by atomic mass is 10.1. The van der Waals surface area contributed by atoms with Crippen molar-refractivity contribution in [1.29, 1.82) is 0 Å². The maximum Gasteiger partial charge on any atom is 0.265 e. The van der Waals surface area contributed by atoms with E-state index in [1.807, 2.05) is 55.5 Å². The predicted octanol–water partition coefficient (Wildman–Crippen LogP) is 4.92. The fraction of sp³-hybridized carbons (Fsp3) is 0.208. The molecule has 0 saturated carbocycles. The number of halogens is 1. The second-order valence-electron chi connectivity index (χ2n) is 7.60. The van der Waals surface area contributed by atoms with Gasteiger partial charge in [0.2, 0.25) is 0 Å². The van der Waals surface area contributed by atoms with E-state index in [0.717, 1.165) is 11.1 Å². The molecule has 0 fully saturated rings. The number of rotatable bonds is 5. The van der Waals surface area contributed by atoms with Crippen LogP contribution in [0.25, 0.3) is 0 Å². The van der Waals surface area contributed by atoms with E-state index in [4.69, 9.17) is 11.6 Å². The first-order chi connectivity index (χ1) is 14.8. The van der Waals surface area contributed by atoms with E-state index in [2.05, 4.69) is 0 Å². The third kappa shape index (κ3) is 3.93. The Balaban J connectivity index is 1.67. The molecule has 0 spiro atoms. The van der Waals surface area contributed by atoms with Crippen molar-refractivity contribution < 1.29 is 13.2 Å². The molecule has 5 nitrogen and oxygen atoms in total. The molecule has 1 aliphatic heterocycles. The summed E-state index contributed by atoms with van der Waals surface area (Å²) in [5.74, 6) is -0.272. The minimum absolute atomic E-state index is 0.0579. The van der Waals surface area contributed by atoms with Crippen molar-refractivity contribution in [1.82, 2.24) is 4.90 Å². The highest BCUT2D eigenvalue weighted by molar-refractivity contribution is 7.93. The quantitative estimate of drug-likeness (QED) is 0.549. The summed E-state index contributed by atoms with van der Waals surface area (Å²) in [5.41, 5.74) is 2.91. The number of para-hydroxylation sites is 1. The zero-order valence-electron chi connectivity index (χ0n) is 17.3. The number of carbonyl (C=O) groups is 1. The monoisotopic (exact) mass is 454 g/mol. The van der Waals surface area contributed by atoms with Crippen LogP contribution in [0.15, 0.2) is 77.7 Å². The smallest absolute Gasteiger partial charge is 0.265 e. The van der Waals surface area contributed by atoms with Gasteiger partial charge in [0, 0.05) is 19.2 Å². The summed E-state index contributed by atoms with van der Waals surface area (Å²) in [5, 5.41) is 0.0969. The summed E-state index contributed by atoms with van der Waals surface area (Å²) >= 11 is 6.30. The Bertz CT molecular complexity index is 1230. The van der Waals surface area contributed by atoms with Gasteiger partial charge in [-0.1, -0.05) is 60.1 Å². The van der Waals surface area contributed by atoms with Gasteiger partial charge in [0.15, 0.2) is 0 Å². The second-order valence-corrected chi connectivity index (χ2v) is 9.84. The van der Waals surface area contributed by atoms with Crippen LogP contribution in [0.4, 0.5) is 5.69 Å². The van der Waals surface area contributed by atoms with E-state index < -0.39 is 10.0 Å². The number of amides is 1. The SMILES string of the molecule is CC(c1ccccc1)N(C)C(=O)c1ccc(Cl)c(S(=O)(=O)N2CCc3ccccc32)c1. The zero-order chi connectivity index (χ0) is 22.2. The van der Waals surface area contributed by atoms with Crippen molar-refractivity contribution in [3.63, 3.8) is 0 Å². The van der Waals surface area contributed by atoms with Crippen molar-refractivity contribution in [3.8, 4) is 0 Å². The molecule has 1 unspecified atom stereocenters. The van der Waals surface area contributed by atoms with Gasteiger partial charge in [-0.2, -0.15) is 0 Å². The Hall–Kier alpha value is -2.83. The highest BCUT2D eigenvalue weighted by Crippen LogP contribution is 2.35. The molecule has 0 saturated heterocycles. The third-order valence-corrected chi connectivity index (χ3v) is 8.07. The first-order valence-corrected chi connectivity index (χ1v) is 11.8. The number of hydrogen-bond donors (Lipinski definition) is 0. The lowest BCUT2D eigenvalue weighted by Crippen LogP contribution is -2.31. The molecule has 0 aromatic heterocycles. The van der Waals surface area contributed by atoms with E-state index in [1.54, 1.807) is 24.1 Å². The number of fused-ring (bicyclic) bond motifs is 1. The molecule has 1 amide bonds. The maximum atomic E-state index is 13.4. The van der Waals surface area contributed by atoms with Gasteiger partial charge in [-0.05, 0) is 48.7 Å². The van der Waals surface area contributed by atoms with E-state index in [0.29, 0.717) is 18.7 Å². The molecule has 3 aromatic carbocycles. The van der Waals surface area contributed by atoms with Crippen molar-refractivity contribution in [3.05, 3.63) is 94.5 Å². The number of nitrogens with zero attached hydrogens (tertiary/aromatic N) is 2. The second kappa shape index (κ2) is 8.36. The van der Waals surface area contributed by atoms with E-state index in [1.165, 1.54) is 16.4 Å². The molecule has 160 valence electrons. The Kier molecular flexibility index (Phi) is 5.77. The van der Waals surface area contributed by atoms with Gasteiger partial charge in [-0.15, -0.1) is 0 Å². The minimum Gasteiger partial charge on any atom is -0.335 e. The molecule has 0 radical (unpaired) electrons. The van der Waals surface area contributed by atoms with Gasteiger partial charge in [-0.25, -0.2) is 8.42 Å². The fourth-order valence-electron chi connectivity index (χ4n) is 3.85. The average molecular weight is 455 g/mol. The molecule has 0 aliphatic carbocycles. The van der Waals surface area contributed by atoms with Crippen LogP contribution in [0, 0.1) is 0 Å². The molecule has 3 aromatic rings. The standard InChI is InChI=1S/C24H23ClN2O3S/c1-17(18-8-4-3-5-9-18)26(2)24(28)20-12-13-21(25)23(16-20)31(29,30)27-15-14-19-10-6-7-11-22(19)27/h3-13,16-17H,14-15H2,1-2H3. The van der Waals surface area contributed by atoms with E-state index in [9.17, 15) is 13.2 Å². The van der Waals surface area contributed by atoms with Crippen LogP contribution >= 0.6 is 11.6 Å². The van der Waals surface area contributed by atoms with Crippen LogP contribution in [0.5, 0.6) is 0 Å². The van der Waals surface area contributed by atoms with Crippen LogP contribution in [-0.4, -0.2) is 32.8 Å². The van der Waals surface area contributed by atoms with Gasteiger partial charge in [-0.3, -0.25) is 9.10 Å². The third-order valence-electron chi connectivity index (χ3n) is 5.77. The van der Waals surface area contributed by atoms with Crippen molar-refractivity contribution in [2.45, 2.75) is 24.3 Å². The van der Waals surface area contributed by atoms with Crippen LogP contribution in [-0.2, 0) is 16.4 Å². The molecule has 1 atom stereocenters. The lowest BCUT2D eigenvalue weighted by Gasteiger charge is -2.26. The van der Waals surface area contributed by atoms with Gasteiger partial charge in [0.1, 0.15) is 4.90 Å². The number of anilines is 1. The normalized spacial score (nSPS) is 14.2. The Morgan fingerprint density at radius 3 is 2.45 bits per heavy atom. The molecule has 0 N–H and O–H groups in total. The largest absolute Gasteiger partial charge is 0.335 e. The summed E-state index contributed by atoms with van der Waals surface area (Å²) in [6.45, 7) is 2.28. The maximum absolute atomic E-state index is 13.4. The van der Waals surface area contributed by atoms with Gasteiger partial charge >= 0.3 is 0 Å². The van der Waals surface area contributed by atoms with Crippen LogP contribution in [0.3, 0.4) is 0 Å². The van der Waals surface area contributed by atoms with Crippen LogP contribution in [0.1, 0.15) is 34.5 Å². The summed E-state index contributed by atoms with van der Waals surface area (Å²) < 4.78 is 28.2. The number of hydrogen-bond acceptors (Lipinski definition) is 3. The minimum atomic E-state index is -3.91. The van der Waals surface area contributed by atoms with Gasteiger partial charge in [0.05, 0.1) is 16.8 Å². The van der Waals surface area contributed by atoms with E-state index >= 15 is 0 Å². The van der Waals surface area contributed by atoms with Gasteiger partial charge < -0.3 is 4.90 Å². The predicted molar refractivity (Wildman–Crippen MR) is 123 cm³/mol. The molecular weight excluding hydrogens is 432 g/mol. The summed E-state index contributed by atoms with van der Waals surface area (Å²) in [6.07, 6.45) is 0.642. The molecule has 4 rings (SSSR count). The summed E-state index contributed by atoms with van der Waals surface area (Å²) in [7, 11) is -2.20. The molecule has 1 aliphatic rings. The average Bonchev–Trinajstić information content (AvgIpc) is 3.23. The highest BCUT2D eigenvalue weighted by Gasteiger charge is 2.33. The Labute approximate surface area is 187 Å². The number of benzene rings is 3. The number of sulfonamides is 1. The van der Waals surface area contributed by atoms with Gasteiger partial charge in [0.25, 0.3) is 15.9 Å². The molecular formula is C24H23ClN2O3S. The van der Waals surface area contributed by atoms with Crippen molar-refractivity contribution >= 4 is 33.2 Å². The molecule has 31 heavy (non-hydrogen) atoms. The number of carbonyl (C=O) groups excluding carboxylic acids is 1. The van der Waals surface area contributed by atoms with Crippen LogP contribution < -0.4 is 4.31 Å². The summed E-state index contributed by atoms with van der Waals surface area (Å²) in [4.78, 5) is 14.7. The van der Waals surface area contributed by atoms with Crippen molar-refractivity contribution in [2.24, 2.45) is 0 Å². The first-order valence-electron chi connectivity index (χ1n) is 10.0. The Morgan fingerprint density at radius 1 is 1.03 bits per heavy atom. The van der Waals surface area contributed by atoms with Crippen molar-refractivity contribution in [2.75, 3.05) is 17.9 Å². The molecule has 0 bridgehead atoms. The molecule has 1 heterocycles. The fourth-order valence-corrected chi connectivity index (χ4v) is 5.85. The zero-order valence-corrected chi connectivity index (χ0v) is 18.9. The lowest BCUT2D eigenvalue weighted by molar-refractivity contribution is 0.0742. The Morgan fingerprint density at radius 2 is 1.71 bits per heavy atom.